The van der Waals surface area contributed by atoms with Gasteiger partial charge in [0.1, 0.15) is 0 Å². The van der Waals surface area contributed by atoms with Gasteiger partial charge < -0.3 is 14.3 Å². The summed E-state index contributed by atoms with van der Waals surface area (Å²) in [6.45, 7) is -0.714. The lowest BCUT2D eigenvalue weighted by molar-refractivity contribution is -0.139. The maximum atomic E-state index is 9.60. The minimum absolute atomic E-state index is 0.714. The third kappa shape index (κ3) is 5.09. The van der Waals surface area contributed by atoms with Crippen LogP contribution in [-0.2, 0) is 13.7 Å². The van der Waals surface area contributed by atoms with Crippen LogP contribution in [-0.4, -0.2) is 31.6 Å². The van der Waals surface area contributed by atoms with E-state index in [1.807, 2.05) is 0 Å². The van der Waals surface area contributed by atoms with E-state index < -0.39 is 21.7 Å². The van der Waals surface area contributed by atoms with E-state index in [1.54, 1.807) is 0 Å². The average molecular weight is 136 g/mol. The van der Waals surface area contributed by atoms with Crippen molar-refractivity contribution in [2.45, 2.75) is 0 Å². The molecule has 0 amide bonds. The molecule has 0 unspecified atom stereocenters. The summed E-state index contributed by atoms with van der Waals surface area (Å²) in [4.78, 5) is 17.4. The van der Waals surface area contributed by atoms with Crippen LogP contribution in [0.2, 0.25) is 0 Å². The molecule has 0 fully saturated rings. The number of hydrogen-bond donors (Lipinski definition) is 2. The summed E-state index contributed by atoms with van der Waals surface area (Å²) >= 11 is 0. The first kappa shape index (κ1) is 7.09. The molecular weight excluding hydrogens is 132 g/mol. The molecule has 0 radical (unpaired) electrons. The van der Waals surface area contributed by atoms with Gasteiger partial charge in [0.25, 0.3) is 0 Å². The van der Waals surface area contributed by atoms with Crippen LogP contribution in [0.25, 0.3) is 0 Å². The zero-order valence-corrected chi connectivity index (χ0v) is 4.83. The van der Waals surface area contributed by atoms with Gasteiger partial charge in [-0.15, -0.1) is 0 Å². The fourth-order valence-corrected chi connectivity index (χ4v) is 0.370. The van der Waals surface area contributed by atoms with E-state index in [9.17, 15) is 9.26 Å². The fourth-order valence-electron chi connectivity index (χ4n) is 0.123. The van der Waals surface area contributed by atoms with Gasteiger partial charge in [-0.25, -0.2) is 4.79 Å². The predicted octanol–water partition coefficient (Wildman–Crippen LogP) is -1.50. The summed E-state index contributed by atoms with van der Waals surface area (Å²) in [6, 6.07) is 0. The second kappa shape index (κ2) is 3.14. The van der Waals surface area contributed by atoms with Crippen LogP contribution in [0.3, 0.4) is 0 Å². The van der Waals surface area contributed by atoms with Crippen molar-refractivity contribution in [3.63, 3.8) is 0 Å². The van der Waals surface area contributed by atoms with Gasteiger partial charge in [-0.05, 0) is 0 Å². The summed E-state index contributed by atoms with van der Waals surface area (Å²) in [6.07, 6.45) is 0. The van der Waals surface area contributed by atoms with Gasteiger partial charge >= 0.3 is 15.1 Å². The van der Waals surface area contributed by atoms with E-state index in [-0.39, 0.29) is 0 Å². The van der Waals surface area contributed by atoms with Crippen LogP contribution in [0.1, 0.15) is 0 Å². The summed E-state index contributed by atoms with van der Waals surface area (Å²) in [5, 5.41) is 7.80. The van der Waals surface area contributed by atoms with Crippen molar-refractivity contribution in [1.29, 1.82) is 0 Å². The first-order valence-electron chi connectivity index (χ1n) is 1.70. The molecule has 46 valence electrons. The quantitative estimate of drug-likeness (QED) is 0.461. The van der Waals surface area contributed by atoms with Gasteiger partial charge in [0, 0.05) is 0 Å². The van der Waals surface area contributed by atoms with Crippen LogP contribution in [0.15, 0.2) is 0 Å². The van der Waals surface area contributed by atoms with Gasteiger partial charge in [-0.2, -0.15) is 0 Å². The van der Waals surface area contributed by atoms with E-state index in [1.165, 1.54) is 0 Å². The number of hydrogen-bond acceptors (Lipinski definition) is 3. The Morgan fingerprint density at radius 1 is 1.75 bits per heavy atom. The Morgan fingerprint density at radius 2 is 2.25 bits per heavy atom. The van der Waals surface area contributed by atoms with Gasteiger partial charge in [0.2, 0.25) is 0 Å². The zero-order chi connectivity index (χ0) is 6.57. The van der Waals surface area contributed by atoms with Crippen molar-refractivity contribution in [2.75, 3.05) is 6.61 Å². The normalized spacial score (nSPS) is 8.00. The number of carbonyl (C=O) groups is 1. The van der Waals surface area contributed by atoms with Crippen molar-refractivity contribution < 1.29 is 23.6 Å². The maximum Gasteiger partial charge on any atom is 0.765 e. The second-order valence-electron chi connectivity index (χ2n) is 0.948. The Bertz CT molecular complexity index is 95.0. The minimum atomic E-state index is -3.06. The monoisotopic (exact) mass is 136 g/mol. The number of carboxylic acids is 1. The van der Waals surface area contributed by atoms with Crippen molar-refractivity contribution in [1.82, 2.24) is 0 Å². The van der Waals surface area contributed by atoms with Crippen molar-refractivity contribution in [3.05, 3.63) is 0 Å². The molecule has 0 aliphatic heterocycles. The number of aliphatic carboxylic acids is 1. The van der Waals surface area contributed by atoms with E-state index in [4.69, 9.17) is 9.90 Å². The molecule has 0 aromatic heterocycles. The van der Waals surface area contributed by atoms with Crippen molar-refractivity contribution >= 4 is 15.1 Å². The van der Waals surface area contributed by atoms with Gasteiger partial charge in [0.05, 0.1) is 0 Å². The Hall–Kier alpha value is -0.913. The lowest BCUT2D eigenvalue weighted by atomic mass is 10.8. The third-order valence-corrected chi connectivity index (χ3v) is 0.710. The SMILES string of the molecule is O=C(O)CO[Si](=O)O. The van der Waals surface area contributed by atoms with E-state index in [2.05, 4.69) is 4.43 Å². The fraction of sp³-hybridized carbons (Fsp3) is 0.500. The summed E-state index contributed by atoms with van der Waals surface area (Å²) < 4.78 is 13.4. The summed E-state index contributed by atoms with van der Waals surface area (Å²) in [7, 11) is -3.06. The molecule has 2 N–H and O–H groups in total. The molecule has 8 heavy (non-hydrogen) atoms. The maximum absolute atomic E-state index is 9.60. The highest BCUT2D eigenvalue weighted by Gasteiger charge is 2.05. The topological polar surface area (TPSA) is 83.8 Å². The molecule has 0 saturated carbocycles. The minimum Gasteiger partial charge on any atom is -0.511 e. The van der Waals surface area contributed by atoms with E-state index in [0.717, 1.165) is 0 Å². The highest BCUT2D eigenvalue weighted by molar-refractivity contribution is 6.24. The van der Waals surface area contributed by atoms with Gasteiger partial charge in [-0.3, -0.25) is 4.46 Å². The van der Waals surface area contributed by atoms with E-state index >= 15 is 0 Å². The highest BCUT2D eigenvalue weighted by atomic mass is 28.3. The Labute approximate surface area is 46.4 Å². The molecule has 0 aliphatic carbocycles. The highest BCUT2D eigenvalue weighted by Crippen LogP contribution is 1.68. The van der Waals surface area contributed by atoms with Crippen LogP contribution >= 0.6 is 0 Å². The van der Waals surface area contributed by atoms with Crippen LogP contribution in [0.4, 0.5) is 0 Å². The Balaban J connectivity index is 3.18. The smallest absolute Gasteiger partial charge is 0.511 e. The van der Waals surface area contributed by atoms with Crippen LogP contribution in [0, 0.1) is 0 Å². The molecule has 0 atom stereocenters. The molecule has 0 heterocycles. The van der Waals surface area contributed by atoms with Crippen molar-refractivity contribution in [3.8, 4) is 0 Å². The zero-order valence-electron chi connectivity index (χ0n) is 3.83. The first-order valence-corrected chi connectivity index (χ1v) is 2.97. The molecule has 0 aliphatic rings. The average Bonchev–Trinajstić information content (AvgIpc) is 1.61. The summed E-state index contributed by atoms with van der Waals surface area (Å²) in [5.74, 6) is -1.25. The second-order valence-corrected chi connectivity index (χ2v) is 1.77. The largest absolute Gasteiger partial charge is 0.765 e. The lowest BCUT2D eigenvalue weighted by Gasteiger charge is -1.90. The van der Waals surface area contributed by atoms with Crippen LogP contribution in [0.5, 0.6) is 0 Å². The molecule has 0 saturated heterocycles. The molecule has 0 aromatic carbocycles. The third-order valence-electron chi connectivity index (χ3n) is 0.319. The molecular formula is C2H4O5Si. The Kier molecular flexibility index (Phi) is 2.78. The number of carboxylic acid groups (broad SMARTS) is 1. The van der Waals surface area contributed by atoms with Gasteiger partial charge in [0.15, 0.2) is 6.61 Å². The van der Waals surface area contributed by atoms with Crippen molar-refractivity contribution in [2.24, 2.45) is 0 Å². The Morgan fingerprint density at radius 3 is 2.38 bits per heavy atom. The van der Waals surface area contributed by atoms with E-state index in [0.29, 0.717) is 0 Å². The number of rotatable bonds is 3. The molecule has 0 bridgehead atoms. The van der Waals surface area contributed by atoms with Crippen LogP contribution < -0.4 is 0 Å². The summed E-state index contributed by atoms with van der Waals surface area (Å²) in [5.41, 5.74) is 0. The first-order chi connectivity index (χ1) is 3.63. The predicted molar refractivity (Wildman–Crippen MR) is 22.2 cm³/mol. The lowest BCUT2D eigenvalue weighted by Crippen LogP contribution is -2.13. The molecule has 0 spiro atoms. The molecule has 0 rings (SSSR count). The molecule has 6 heteroatoms. The molecule has 0 aromatic rings. The standard InChI is InChI=1S/C2H4O5Si/c3-2(4)1-7-8(5)6/h5H,1H2,(H,3,4). The molecule has 5 nitrogen and oxygen atoms in total. The van der Waals surface area contributed by atoms with Gasteiger partial charge in [-0.1, -0.05) is 0 Å².